The molecule has 1 aliphatic rings. The number of rotatable bonds is 4. The van der Waals surface area contributed by atoms with E-state index in [4.69, 9.17) is 4.74 Å². The molecule has 1 aromatic carbocycles. The molecule has 1 saturated heterocycles. The summed E-state index contributed by atoms with van der Waals surface area (Å²) in [6, 6.07) is 8.30. The molecule has 1 fully saturated rings. The van der Waals surface area contributed by atoms with Crippen LogP contribution in [-0.4, -0.2) is 34.8 Å². The molecule has 106 valence electrons. The molecule has 1 atom stereocenters. The molecule has 19 heavy (non-hydrogen) atoms. The van der Waals surface area contributed by atoms with Crippen LogP contribution < -0.4 is 4.74 Å². The third-order valence-electron chi connectivity index (χ3n) is 3.91. The van der Waals surface area contributed by atoms with Crippen LogP contribution >= 0.6 is 0 Å². The van der Waals surface area contributed by atoms with E-state index in [-0.39, 0.29) is 11.6 Å². The molecule has 0 radical (unpaired) electrons. The van der Waals surface area contributed by atoms with E-state index in [1.807, 2.05) is 19.1 Å². The monoisotopic (exact) mass is 263 g/mol. The summed E-state index contributed by atoms with van der Waals surface area (Å²) < 4.78 is 5.55. The summed E-state index contributed by atoms with van der Waals surface area (Å²) in [7, 11) is 0. The molecular formula is C16H25NO2. The first-order valence-corrected chi connectivity index (χ1v) is 7.16. The minimum absolute atomic E-state index is 0.0548. The molecular weight excluding hydrogens is 238 g/mol. The molecule has 1 N–H and O–H groups in total. The molecule has 0 amide bonds. The quantitative estimate of drug-likeness (QED) is 0.906. The lowest BCUT2D eigenvalue weighted by molar-refractivity contribution is -0.00720. The van der Waals surface area contributed by atoms with Gasteiger partial charge in [0.25, 0.3) is 0 Å². The smallest absolute Gasteiger partial charge is 0.119 e. The summed E-state index contributed by atoms with van der Waals surface area (Å²) in [5.41, 5.74) is 1.33. The number of hydrogen-bond acceptors (Lipinski definition) is 3. The van der Waals surface area contributed by atoms with Gasteiger partial charge < -0.3 is 9.84 Å². The average molecular weight is 263 g/mol. The molecule has 1 heterocycles. The van der Waals surface area contributed by atoms with Crippen LogP contribution in [0, 0.1) is 0 Å². The molecule has 0 aliphatic carbocycles. The second-order valence-corrected chi connectivity index (χ2v) is 5.96. The second kappa shape index (κ2) is 5.93. The van der Waals surface area contributed by atoms with Gasteiger partial charge in [0, 0.05) is 18.6 Å². The van der Waals surface area contributed by atoms with Crippen LogP contribution in [0.3, 0.4) is 0 Å². The highest BCUT2D eigenvalue weighted by Crippen LogP contribution is 2.29. The van der Waals surface area contributed by atoms with Crippen LogP contribution in [0.2, 0.25) is 0 Å². The fourth-order valence-corrected chi connectivity index (χ4v) is 2.83. The Morgan fingerprint density at radius 1 is 1.42 bits per heavy atom. The Hall–Kier alpha value is -1.06. The maximum Gasteiger partial charge on any atom is 0.119 e. The fraction of sp³-hybridized carbons (Fsp3) is 0.625. The topological polar surface area (TPSA) is 32.7 Å². The summed E-state index contributed by atoms with van der Waals surface area (Å²) in [5.74, 6) is 0.940. The SMILES string of the molecule is CCOc1cccc(CN2CCC(O)CC2(C)C)c1. The highest BCUT2D eigenvalue weighted by Gasteiger charge is 2.33. The number of nitrogens with zero attached hydrogens (tertiary/aromatic N) is 1. The van der Waals surface area contributed by atoms with Gasteiger partial charge in [0.05, 0.1) is 12.7 Å². The molecule has 0 aromatic heterocycles. The summed E-state index contributed by atoms with van der Waals surface area (Å²) in [6.45, 7) is 8.99. The molecule has 3 heteroatoms. The molecule has 0 spiro atoms. The maximum absolute atomic E-state index is 9.80. The van der Waals surface area contributed by atoms with Crippen molar-refractivity contribution >= 4 is 0 Å². The highest BCUT2D eigenvalue weighted by atomic mass is 16.5. The van der Waals surface area contributed by atoms with Gasteiger partial charge in [-0.25, -0.2) is 0 Å². The zero-order chi connectivity index (χ0) is 13.9. The van der Waals surface area contributed by atoms with E-state index in [2.05, 4.69) is 30.9 Å². The van der Waals surface area contributed by atoms with E-state index in [0.29, 0.717) is 6.61 Å². The van der Waals surface area contributed by atoms with E-state index in [1.54, 1.807) is 0 Å². The lowest BCUT2D eigenvalue weighted by atomic mass is 9.88. The normalized spacial score (nSPS) is 23.3. The Morgan fingerprint density at radius 2 is 2.21 bits per heavy atom. The van der Waals surface area contributed by atoms with Gasteiger partial charge in [-0.3, -0.25) is 4.90 Å². The zero-order valence-corrected chi connectivity index (χ0v) is 12.2. The molecule has 1 unspecified atom stereocenters. The van der Waals surface area contributed by atoms with Crippen LogP contribution in [0.5, 0.6) is 5.75 Å². The molecule has 1 aromatic rings. The first kappa shape index (κ1) is 14.4. The van der Waals surface area contributed by atoms with Gasteiger partial charge in [-0.1, -0.05) is 12.1 Å². The summed E-state index contributed by atoms with van der Waals surface area (Å²) >= 11 is 0. The number of ether oxygens (including phenoxy) is 1. The minimum atomic E-state index is -0.152. The maximum atomic E-state index is 9.80. The predicted molar refractivity (Wildman–Crippen MR) is 77.3 cm³/mol. The van der Waals surface area contributed by atoms with Crippen molar-refractivity contribution in [2.45, 2.75) is 51.8 Å². The highest BCUT2D eigenvalue weighted by molar-refractivity contribution is 5.28. The number of hydrogen-bond donors (Lipinski definition) is 1. The van der Waals surface area contributed by atoms with Gasteiger partial charge in [-0.05, 0) is 51.3 Å². The van der Waals surface area contributed by atoms with Crippen molar-refractivity contribution in [2.75, 3.05) is 13.2 Å². The van der Waals surface area contributed by atoms with Crippen molar-refractivity contribution in [1.82, 2.24) is 4.90 Å². The van der Waals surface area contributed by atoms with Gasteiger partial charge in [0.2, 0.25) is 0 Å². The first-order valence-electron chi connectivity index (χ1n) is 7.16. The van der Waals surface area contributed by atoms with Gasteiger partial charge in [-0.2, -0.15) is 0 Å². The van der Waals surface area contributed by atoms with Crippen molar-refractivity contribution in [3.63, 3.8) is 0 Å². The van der Waals surface area contributed by atoms with Crippen LogP contribution in [0.15, 0.2) is 24.3 Å². The zero-order valence-electron chi connectivity index (χ0n) is 12.2. The first-order chi connectivity index (χ1) is 9.01. The lowest BCUT2D eigenvalue weighted by Gasteiger charge is -2.44. The molecule has 1 aliphatic heterocycles. The number of benzene rings is 1. The average Bonchev–Trinajstić information content (AvgIpc) is 2.33. The van der Waals surface area contributed by atoms with Crippen molar-refractivity contribution in [2.24, 2.45) is 0 Å². The molecule has 3 nitrogen and oxygen atoms in total. The van der Waals surface area contributed by atoms with Crippen LogP contribution in [-0.2, 0) is 6.54 Å². The van der Waals surface area contributed by atoms with Crippen molar-refractivity contribution in [3.05, 3.63) is 29.8 Å². The molecule has 0 bridgehead atoms. The van der Waals surface area contributed by atoms with E-state index in [0.717, 1.165) is 31.7 Å². The second-order valence-electron chi connectivity index (χ2n) is 5.96. The Labute approximate surface area is 116 Å². The van der Waals surface area contributed by atoms with Gasteiger partial charge in [0.15, 0.2) is 0 Å². The number of aliphatic hydroxyl groups is 1. The third kappa shape index (κ3) is 3.71. The summed E-state index contributed by atoms with van der Waals surface area (Å²) in [5, 5.41) is 9.80. The minimum Gasteiger partial charge on any atom is -0.494 e. The Balaban J connectivity index is 2.06. The lowest BCUT2D eigenvalue weighted by Crippen LogP contribution is -2.50. The van der Waals surface area contributed by atoms with Gasteiger partial charge in [-0.15, -0.1) is 0 Å². The Bertz CT molecular complexity index is 417. The van der Waals surface area contributed by atoms with E-state index >= 15 is 0 Å². The number of likely N-dealkylation sites (tertiary alicyclic amines) is 1. The van der Waals surface area contributed by atoms with Gasteiger partial charge in [0.1, 0.15) is 5.75 Å². The number of piperidine rings is 1. The van der Waals surface area contributed by atoms with Gasteiger partial charge >= 0.3 is 0 Å². The van der Waals surface area contributed by atoms with Crippen molar-refractivity contribution in [3.8, 4) is 5.75 Å². The summed E-state index contributed by atoms with van der Waals surface area (Å²) in [6.07, 6.45) is 1.56. The van der Waals surface area contributed by atoms with Crippen molar-refractivity contribution < 1.29 is 9.84 Å². The van der Waals surface area contributed by atoms with Crippen LogP contribution in [0.25, 0.3) is 0 Å². The fourth-order valence-electron chi connectivity index (χ4n) is 2.83. The van der Waals surface area contributed by atoms with Crippen LogP contribution in [0.4, 0.5) is 0 Å². The van der Waals surface area contributed by atoms with E-state index in [1.165, 1.54) is 5.56 Å². The number of aliphatic hydroxyl groups excluding tert-OH is 1. The standard InChI is InChI=1S/C16H25NO2/c1-4-19-15-7-5-6-13(10-15)12-17-9-8-14(18)11-16(17,2)3/h5-7,10,14,18H,4,8-9,11-12H2,1-3H3. The Kier molecular flexibility index (Phi) is 4.48. The third-order valence-corrected chi connectivity index (χ3v) is 3.91. The molecule has 2 rings (SSSR count). The largest absolute Gasteiger partial charge is 0.494 e. The van der Waals surface area contributed by atoms with Crippen molar-refractivity contribution in [1.29, 1.82) is 0 Å². The molecule has 0 saturated carbocycles. The predicted octanol–water partition coefficient (Wildman–Crippen LogP) is 2.82. The van der Waals surface area contributed by atoms with E-state index in [9.17, 15) is 5.11 Å². The Morgan fingerprint density at radius 3 is 2.89 bits per heavy atom. The van der Waals surface area contributed by atoms with Crippen LogP contribution in [0.1, 0.15) is 39.2 Å². The van der Waals surface area contributed by atoms with E-state index < -0.39 is 0 Å². The summed E-state index contributed by atoms with van der Waals surface area (Å²) in [4.78, 5) is 2.45.